The number of aromatic nitrogens is 4. The van der Waals surface area contributed by atoms with Crippen LogP contribution in [0.3, 0.4) is 0 Å². The van der Waals surface area contributed by atoms with Crippen LogP contribution in [0.4, 0.5) is 4.39 Å². The summed E-state index contributed by atoms with van der Waals surface area (Å²) in [5, 5.41) is 4.95. The van der Waals surface area contributed by atoms with Crippen molar-refractivity contribution in [3.8, 4) is 11.5 Å². The van der Waals surface area contributed by atoms with E-state index in [9.17, 15) is 9.18 Å². The lowest BCUT2D eigenvalue weighted by atomic mass is 10.2. The van der Waals surface area contributed by atoms with Crippen LogP contribution in [-0.4, -0.2) is 31.2 Å². The van der Waals surface area contributed by atoms with E-state index in [4.69, 9.17) is 16.6 Å². The first-order valence-corrected chi connectivity index (χ1v) is 9.48. The lowest BCUT2D eigenvalue weighted by Gasteiger charge is -2.19. The molecule has 2 aromatic carbocycles. The van der Waals surface area contributed by atoms with Gasteiger partial charge in [0.2, 0.25) is 5.89 Å². The summed E-state index contributed by atoms with van der Waals surface area (Å²) in [7, 11) is 0. The van der Waals surface area contributed by atoms with Crippen LogP contribution >= 0.6 is 12.2 Å². The molecule has 1 N–H and O–H groups in total. The molecular formula is C20H18FN5O2S. The average Bonchev–Trinajstić information content (AvgIpc) is 3.08. The Morgan fingerprint density at radius 3 is 2.72 bits per heavy atom. The quantitative estimate of drug-likeness (QED) is 0.487. The number of nitrogens with zero attached hydrogens (tertiary/aromatic N) is 4. The molecule has 0 saturated carbocycles. The molecule has 4 rings (SSSR count). The van der Waals surface area contributed by atoms with Gasteiger partial charge in [-0.2, -0.15) is 0 Å². The third kappa shape index (κ3) is 4.15. The highest BCUT2D eigenvalue weighted by molar-refractivity contribution is 7.71. The van der Waals surface area contributed by atoms with Crippen molar-refractivity contribution in [3.63, 3.8) is 0 Å². The summed E-state index contributed by atoms with van der Waals surface area (Å²) in [6.45, 7) is 3.44. The zero-order chi connectivity index (χ0) is 20.4. The van der Waals surface area contributed by atoms with E-state index in [2.05, 4.69) is 15.1 Å². The predicted octanol–water partition coefficient (Wildman–Crippen LogP) is 3.73. The Morgan fingerprint density at radius 2 is 1.97 bits per heavy atom. The van der Waals surface area contributed by atoms with Crippen molar-refractivity contribution in [1.82, 2.24) is 24.6 Å². The largest absolute Gasteiger partial charge is 0.409 e. The van der Waals surface area contributed by atoms with Gasteiger partial charge in [0.15, 0.2) is 0 Å². The first-order chi connectivity index (χ1) is 14.0. The van der Waals surface area contributed by atoms with Crippen molar-refractivity contribution in [1.29, 1.82) is 0 Å². The zero-order valence-electron chi connectivity index (χ0n) is 15.6. The van der Waals surface area contributed by atoms with Gasteiger partial charge in [0, 0.05) is 5.56 Å². The van der Waals surface area contributed by atoms with Gasteiger partial charge >= 0.3 is 0 Å². The summed E-state index contributed by atoms with van der Waals surface area (Å²) < 4.78 is 20.2. The second-order valence-electron chi connectivity index (χ2n) is 6.50. The van der Waals surface area contributed by atoms with E-state index in [1.807, 2.05) is 30.0 Å². The number of fused-ring (bicyclic) bond motifs is 1. The maximum atomic E-state index is 13.1. The molecule has 9 heteroatoms. The fraction of sp³-hybridized carbons (Fsp3) is 0.200. The molecular weight excluding hydrogens is 393 g/mol. The van der Waals surface area contributed by atoms with E-state index in [0.717, 1.165) is 0 Å². The van der Waals surface area contributed by atoms with Gasteiger partial charge in [-0.25, -0.2) is 14.1 Å². The predicted molar refractivity (Wildman–Crippen MR) is 109 cm³/mol. The van der Waals surface area contributed by atoms with Gasteiger partial charge in [-0.3, -0.25) is 9.69 Å². The minimum absolute atomic E-state index is 0.168. The molecule has 0 spiro atoms. The standard InChI is InChI=1S/C20H18FN5O2S/c1-2-25(11-17-22-16-6-4-3-5-15(16)18(27)23-17)12-26-20(29)28-19(24-26)13-7-9-14(21)10-8-13/h3-10H,2,11-12H2,1H3,(H,22,23,27). The number of hydrogen-bond donors (Lipinski definition) is 1. The molecule has 0 atom stereocenters. The zero-order valence-corrected chi connectivity index (χ0v) is 16.4. The highest BCUT2D eigenvalue weighted by atomic mass is 32.1. The van der Waals surface area contributed by atoms with Gasteiger partial charge in [-0.1, -0.05) is 19.1 Å². The van der Waals surface area contributed by atoms with Crippen molar-refractivity contribution >= 4 is 23.1 Å². The Bertz CT molecular complexity index is 1260. The van der Waals surface area contributed by atoms with E-state index >= 15 is 0 Å². The topological polar surface area (TPSA) is 80.0 Å². The molecule has 4 aromatic rings. The first-order valence-electron chi connectivity index (χ1n) is 9.07. The summed E-state index contributed by atoms with van der Waals surface area (Å²) in [4.78, 5) is 21.9. The molecule has 2 aromatic heterocycles. The van der Waals surface area contributed by atoms with Crippen LogP contribution in [0.2, 0.25) is 0 Å². The number of rotatable bonds is 6. The van der Waals surface area contributed by atoms with Gasteiger partial charge in [0.25, 0.3) is 10.4 Å². The van der Waals surface area contributed by atoms with Crippen LogP contribution in [0.25, 0.3) is 22.4 Å². The lowest BCUT2D eigenvalue weighted by Crippen LogP contribution is -2.28. The van der Waals surface area contributed by atoms with Crippen molar-refractivity contribution in [2.24, 2.45) is 0 Å². The van der Waals surface area contributed by atoms with Crippen LogP contribution in [0.1, 0.15) is 12.7 Å². The number of hydrogen-bond acceptors (Lipinski definition) is 6. The van der Waals surface area contributed by atoms with Crippen molar-refractivity contribution in [3.05, 3.63) is 75.4 Å². The summed E-state index contributed by atoms with van der Waals surface area (Å²) in [6.07, 6.45) is 0. The number of benzene rings is 2. The smallest absolute Gasteiger partial charge is 0.288 e. The third-order valence-corrected chi connectivity index (χ3v) is 4.81. The summed E-state index contributed by atoms with van der Waals surface area (Å²) >= 11 is 5.27. The summed E-state index contributed by atoms with van der Waals surface area (Å²) in [5.41, 5.74) is 1.12. The Morgan fingerprint density at radius 1 is 1.21 bits per heavy atom. The van der Waals surface area contributed by atoms with Crippen LogP contribution in [0.15, 0.2) is 57.7 Å². The Labute approximate surface area is 170 Å². The number of para-hydroxylation sites is 1. The Kier molecular flexibility index (Phi) is 5.32. The molecule has 0 fully saturated rings. The summed E-state index contributed by atoms with van der Waals surface area (Å²) in [6, 6.07) is 13.1. The normalized spacial score (nSPS) is 11.4. The minimum atomic E-state index is -0.333. The van der Waals surface area contributed by atoms with Crippen molar-refractivity contribution in [2.75, 3.05) is 6.54 Å². The number of H-pyrrole nitrogens is 1. The van der Waals surface area contributed by atoms with Crippen molar-refractivity contribution in [2.45, 2.75) is 20.1 Å². The van der Waals surface area contributed by atoms with Crippen LogP contribution in [-0.2, 0) is 13.2 Å². The minimum Gasteiger partial charge on any atom is -0.409 e. The molecule has 0 radical (unpaired) electrons. The Balaban J connectivity index is 1.56. The fourth-order valence-corrected chi connectivity index (χ4v) is 3.16. The molecule has 29 heavy (non-hydrogen) atoms. The lowest BCUT2D eigenvalue weighted by molar-refractivity contribution is 0.200. The highest BCUT2D eigenvalue weighted by Crippen LogP contribution is 2.18. The van der Waals surface area contributed by atoms with Crippen LogP contribution in [0, 0.1) is 10.7 Å². The second kappa shape index (κ2) is 8.06. The van der Waals surface area contributed by atoms with E-state index in [1.165, 1.54) is 12.1 Å². The molecule has 0 amide bonds. The first kappa shape index (κ1) is 19.2. The molecule has 0 aliphatic carbocycles. The molecule has 148 valence electrons. The highest BCUT2D eigenvalue weighted by Gasteiger charge is 2.13. The van der Waals surface area contributed by atoms with Gasteiger partial charge in [0.05, 0.1) is 24.1 Å². The molecule has 0 aliphatic heterocycles. The number of halogens is 1. The van der Waals surface area contributed by atoms with Gasteiger partial charge in [-0.05, 0) is 55.2 Å². The SMILES string of the molecule is CCN(Cc1nc2ccccc2c(=O)[nH]1)Cn1nc(-c2ccc(F)cc2)oc1=S. The third-order valence-electron chi connectivity index (χ3n) is 4.51. The molecule has 7 nitrogen and oxygen atoms in total. The molecule has 0 unspecified atom stereocenters. The van der Waals surface area contributed by atoms with Crippen LogP contribution in [0.5, 0.6) is 0 Å². The van der Waals surface area contributed by atoms with Gasteiger partial charge in [0.1, 0.15) is 11.6 Å². The number of aromatic amines is 1. The van der Waals surface area contributed by atoms with Gasteiger partial charge < -0.3 is 9.40 Å². The van der Waals surface area contributed by atoms with E-state index in [1.54, 1.807) is 22.9 Å². The number of nitrogens with one attached hydrogen (secondary N) is 1. The molecule has 0 bridgehead atoms. The monoisotopic (exact) mass is 411 g/mol. The van der Waals surface area contributed by atoms with Crippen LogP contribution < -0.4 is 5.56 Å². The second-order valence-corrected chi connectivity index (χ2v) is 6.85. The molecule has 2 heterocycles. The Hall–Kier alpha value is -3.17. The maximum absolute atomic E-state index is 13.1. The maximum Gasteiger partial charge on any atom is 0.288 e. The van der Waals surface area contributed by atoms with E-state index in [0.29, 0.717) is 47.9 Å². The molecule has 0 saturated heterocycles. The van der Waals surface area contributed by atoms with Gasteiger partial charge in [-0.15, -0.1) is 5.10 Å². The molecule has 0 aliphatic rings. The average molecular weight is 411 g/mol. The van der Waals surface area contributed by atoms with Crippen molar-refractivity contribution < 1.29 is 8.81 Å². The fourth-order valence-electron chi connectivity index (χ4n) is 2.98. The summed E-state index contributed by atoms with van der Waals surface area (Å²) in [5.74, 6) is 0.549. The van der Waals surface area contributed by atoms with E-state index < -0.39 is 0 Å². The van der Waals surface area contributed by atoms with E-state index in [-0.39, 0.29) is 16.2 Å².